The van der Waals surface area contributed by atoms with Crippen LogP contribution < -0.4 is 0 Å². The fourth-order valence-electron chi connectivity index (χ4n) is 3.21. The van der Waals surface area contributed by atoms with Crippen LogP contribution in [0.1, 0.15) is 32.1 Å². The second-order valence-corrected chi connectivity index (χ2v) is 5.52. The van der Waals surface area contributed by atoms with E-state index < -0.39 is 5.97 Å². The van der Waals surface area contributed by atoms with Crippen LogP contribution in [0, 0.1) is 5.92 Å². The van der Waals surface area contributed by atoms with Crippen molar-refractivity contribution in [2.45, 2.75) is 38.1 Å². The van der Waals surface area contributed by atoms with E-state index >= 15 is 0 Å². The molecule has 2 fully saturated rings. The van der Waals surface area contributed by atoms with Crippen LogP contribution in [0.4, 0.5) is 0 Å². The van der Waals surface area contributed by atoms with Crippen LogP contribution in [-0.4, -0.2) is 60.1 Å². The van der Waals surface area contributed by atoms with Crippen LogP contribution in [0.2, 0.25) is 0 Å². The number of hydrogen-bond donors (Lipinski definition) is 1. The van der Waals surface area contributed by atoms with Crippen molar-refractivity contribution in [2.24, 2.45) is 5.92 Å². The molecule has 1 aliphatic heterocycles. The van der Waals surface area contributed by atoms with Gasteiger partial charge in [0.05, 0.1) is 0 Å². The van der Waals surface area contributed by atoms with Gasteiger partial charge in [-0.1, -0.05) is 19.3 Å². The van der Waals surface area contributed by atoms with Gasteiger partial charge in [0.2, 0.25) is 0 Å². The zero-order chi connectivity index (χ0) is 12.3. The Kier molecular flexibility index (Phi) is 4.40. The van der Waals surface area contributed by atoms with Crippen LogP contribution in [0.5, 0.6) is 0 Å². The average molecular weight is 240 g/mol. The van der Waals surface area contributed by atoms with Crippen LogP contribution in [0.25, 0.3) is 0 Å². The molecule has 0 radical (unpaired) electrons. The first kappa shape index (κ1) is 12.8. The number of carbonyl (C=O) groups is 1. The molecule has 1 saturated carbocycles. The smallest absolute Gasteiger partial charge is 0.321 e. The lowest BCUT2D eigenvalue weighted by atomic mass is 9.83. The lowest BCUT2D eigenvalue weighted by Crippen LogP contribution is -2.54. The van der Waals surface area contributed by atoms with Crippen molar-refractivity contribution in [3.63, 3.8) is 0 Å². The molecule has 2 rings (SSSR count). The summed E-state index contributed by atoms with van der Waals surface area (Å²) in [4.78, 5) is 16.0. The largest absolute Gasteiger partial charge is 0.480 e. The summed E-state index contributed by atoms with van der Waals surface area (Å²) >= 11 is 0. The Bertz CT molecular complexity index is 256. The first-order valence-electron chi connectivity index (χ1n) is 6.84. The van der Waals surface area contributed by atoms with Crippen molar-refractivity contribution >= 4 is 5.97 Å². The Labute approximate surface area is 104 Å². The number of rotatable bonds is 3. The highest BCUT2D eigenvalue weighted by molar-refractivity contribution is 5.74. The average Bonchev–Trinajstić information content (AvgIpc) is 2.33. The van der Waals surface area contributed by atoms with Gasteiger partial charge in [0.25, 0.3) is 0 Å². The Balaban J connectivity index is 1.98. The predicted octanol–water partition coefficient (Wildman–Crippen LogP) is 1.27. The van der Waals surface area contributed by atoms with Crippen molar-refractivity contribution in [2.75, 3.05) is 33.2 Å². The number of likely N-dealkylation sites (N-methyl/N-ethyl adjacent to an activating group) is 1. The fourth-order valence-corrected chi connectivity index (χ4v) is 3.21. The van der Waals surface area contributed by atoms with E-state index in [0.29, 0.717) is 5.92 Å². The number of hydrogen-bond acceptors (Lipinski definition) is 3. The summed E-state index contributed by atoms with van der Waals surface area (Å²) in [6.45, 7) is 3.81. The van der Waals surface area contributed by atoms with Gasteiger partial charge >= 0.3 is 5.97 Å². The molecule has 1 saturated heterocycles. The standard InChI is InChI=1S/C13H24N2O2/c1-14-7-9-15(10-8-14)12(13(16)17)11-5-3-2-4-6-11/h11-12H,2-10H2,1H3,(H,16,17). The molecule has 0 bridgehead atoms. The van der Waals surface area contributed by atoms with Crippen molar-refractivity contribution in [3.8, 4) is 0 Å². The molecule has 98 valence electrons. The van der Waals surface area contributed by atoms with Gasteiger partial charge in [-0.3, -0.25) is 9.69 Å². The van der Waals surface area contributed by atoms with Gasteiger partial charge in [0.1, 0.15) is 6.04 Å². The number of piperazine rings is 1. The highest BCUT2D eigenvalue weighted by Gasteiger charge is 2.35. The summed E-state index contributed by atoms with van der Waals surface area (Å²) in [5, 5.41) is 9.49. The van der Waals surface area contributed by atoms with Crippen molar-refractivity contribution in [1.82, 2.24) is 9.80 Å². The fraction of sp³-hybridized carbons (Fsp3) is 0.923. The Hall–Kier alpha value is -0.610. The van der Waals surface area contributed by atoms with E-state index in [9.17, 15) is 9.90 Å². The molecule has 0 aromatic carbocycles. The van der Waals surface area contributed by atoms with Gasteiger partial charge in [-0.2, -0.15) is 0 Å². The van der Waals surface area contributed by atoms with E-state index in [1.165, 1.54) is 19.3 Å². The van der Waals surface area contributed by atoms with E-state index in [0.717, 1.165) is 39.0 Å². The summed E-state index contributed by atoms with van der Waals surface area (Å²) < 4.78 is 0. The summed E-state index contributed by atoms with van der Waals surface area (Å²) in [7, 11) is 2.10. The molecule has 0 aromatic rings. The minimum Gasteiger partial charge on any atom is -0.480 e. The molecule has 4 heteroatoms. The molecule has 0 spiro atoms. The van der Waals surface area contributed by atoms with Crippen molar-refractivity contribution in [1.29, 1.82) is 0 Å². The molecule has 1 heterocycles. The normalized spacial score (nSPS) is 26.9. The van der Waals surface area contributed by atoms with Gasteiger partial charge in [-0.05, 0) is 25.8 Å². The Morgan fingerprint density at radius 1 is 1.12 bits per heavy atom. The molecular formula is C13H24N2O2. The van der Waals surface area contributed by atoms with E-state index in [1.54, 1.807) is 0 Å². The molecule has 2 aliphatic rings. The van der Waals surface area contributed by atoms with E-state index in [-0.39, 0.29) is 6.04 Å². The maximum atomic E-state index is 11.5. The predicted molar refractivity (Wildman–Crippen MR) is 67.1 cm³/mol. The van der Waals surface area contributed by atoms with Crippen molar-refractivity contribution < 1.29 is 9.90 Å². The molecule has 0 aromatic heterocycles. The highest BCUT2D eigenvalue weighted by Crippen LogP contribution is 2.29. The minimum atomic E-state index is -0.610. The summed E-state index contributed by atoms with van der Waals surface area (Å²) in [5.74, 6) is -0.230. The molecule has 1 atom stereocenters. The number of carboxylic acid groups (broad SMARTS) is 1. The third-order valence-corrected chi connectivity index (χ3v) is 4.28. The molecule has 1 aliphatic carbocycles. The quantitative estimate of drug-likeness (QED) is 0.807. The van der Waals surface area contributed by atoms with Gasteiger partial charge < -0.3 is 10.0 Å². The third kappa shape index (κ3) is 3.19. The monoisotopic (exact) mass is 240 g/mol. The van der Waals surface area contributed by atoms with Crippen LogP contribution >= 0.6 is 0 Å². The lowest BCUT2D eigenvalue weighted by Gasteiger charge is -2.40. The highest BCUT2D eigenvalue weighted by atomic mass is 16.4. The van der Waals surface area contributed by atoms with E-state index in [2.05, 4.69) is 16.8 Å². The van der Waals surface area contributed by atoms with Gasteiger partial charge in [-0.25, -0.2) is 0 Å². The first-order chi connectivity index (χ1) is 8.18. The second-order valence-electron chi connectivity index (χ2n) is 5.52. The summed E-state index contributed by atoms with van der Waals surface area (Å²) in [6, 6.07) is -0.232. The zero-order valence-electron chi connectivity index (χ0n) is 10.8. The van der Waals surface area contributed by atoms with E-state index in [1.807, 2.05) is 0 Å². The molecule has 1 unspecified atom stereocenters. The van der Waals surface area contributed by atoms with E-state index in [4.69, 9.17) is 0 Å². The number of aliphatic carboxylic acids is 1. The lowest BCUT2D eigenvalue weighted by molar-refractivity contribution is -0.147. The van der Waals surface area contributed by atoms with Gasteiger partial charge in [0.15, 0.2) is 0 Å². The van der Waals surface area contributed by atoms with Crippen LogP contribution in [0.3, 0.4) is 0 Å². The number of carboxylic acids is 1. The SMILES string of the molecule is CN1CCN(C(C(=O)O)C2CCCCC2)CC1. The molecular weight excluding hydrogens is 216 g/mol. The maximum Gasteiger partial charge on any atom is 0.321 e. The van der Waals surface area contributed by atoms with Crippen LogP contribution in [0.15, 0.2) is 0 Å². The zero-order valence-corrected chi connectivity index (χ0v) is 10.8. The van der Waals surface area contributed by atoms with Crippen LogP contribution in [-0.2, 0) is 4.79 Å². The topological polar surface area (TPSA) is 43.8 Å². The van der Waals surface area contributed by atoms with Gasteiger partial charge in [-0.15, -0.1) is 0 Å². The molecule has 0 amide bonds. The summed E-state index contributed by atoms with van der Waals surface area (Å²) in [6.07, 6.45) is 5.91. The minimum absolute atomic E-state index is 0.232. The Morgan fingerprint density at radius 2 is 1.71 bits per heavy atom. The maximum absolute atomic E-state index is 11.5. The van der Waals surface area contributed by atoms with Crippen molar-refractivity contribution in [3.05, 3.63) is 0 Å². The summed E-state index contributed by atoms with van der Waals surface area (Å²) in [5.41, 5.74) is 0. The second kappa shape index (κ2) is 5.83. The third-order valence-electron chi connectivity index (χ3n) is 4.28. The number of nitrogens with zero attached hydrogens (tertiary/aromatic N) is 2. The molecule has 17 heavy (non-hydrogen) atoms. The molecule has 1 N–H and O–H groups in total. The Morgan fingerprint density at radius 3 is 2.24 bits per heavy atom. The molecule has 4 nitrogen and oxygen atoms in total. The van der Waals surface area contributed by atoms with Gasteiger partial charge in [0, 0.05) is 26.2 Å². The first-order valence-corrected chi connectivity index (χ1v) is 6.84.